The predicted molar refractivity (Wildman–Crippen MR) is 77.8 cm³/mol. The van der Waals surface area contributed by atoms with E-state index < -0.39 is 18.7 Å². The second-order valence-electron chi connectivity index (χ2n) is 4.27. The van der Waals surface area contributed by atoms with Gasteiger partial charge in [0.2, 0.25) is 5.91 Å². The van der Waals surface area contributed by atoms with Crippen molar-refractivity contribution in [2.45, 2.75) is 32.4 Å². The summed E-state index contributed by atoms with van der Waals surface area (Å²) in [5, 5.41) is 0. The number of hydrogen-bond donors (Lipinski definition) is 1. The summed E-state index contributed by atoms with van der Waals surface area (Å²) in [5.74, 6) is -0.558. The van der Waals surface area contributed by atoms with Gasteiger partial charge in [0.25, 0.3) is 0 Å². The molecule has 0 aliphatic carbocycles. The van der Waals surface area contributed by atoms with Gasteiger partial charge in [-0.3, -0.25) is 4.79 Å². The number of carbonyl (C=O) groups excluding carboxylic acids is 1. The maximum Gasteiger partial charge on any atom is 0.422 e. The van der Waals surface area contributed by atoms with E-state index in [4.69, 9.17) is 10.5 Å². The molecule has 2 N–H and O–H groups in total. The van der Waals surface area contributed by atoms with Gasteiger partial charge in [0.15, 0.2) is 6.61 Å². The van der Waals surface area contributed by atoms with Crippen LogP contribution in [0.4, 0.5) is 13.2 Å². The highest BCUT2D eigenvalue weighted by atomic mass is 127. The molecule has 0 atom stereocenters. The van der Waals surface area contributed by atoms with Gasteiger partial charge in [0.05, 0.1) is 3.57 Å². The first kappa shape index (κ1) is 17.1. The molecule has 0 saturated carbocycles. The minimum absolute atomic E-state index is 0.104. The summed E-state index contributed by atoms with van der Waals surface area (Å²) < 4.78 is 42.3. The van der Waals surface area contributed by atoms with Crippen LogP contribution in [0.15, 0.2) is 12.1 Å². The highest BCUT2D eigenvalue weighted by Crippen LogP contribution is 2.31. The van der Waals surface area contributed by atoms with Crippen molar-refractivity contribution in [3.63, 3.8) is 0 Å². The van der Waals surface area contributed by atoms with Crippen LogP contribution in [-0.4, -0.2) is 18.7 Å². The number of rotatable bonds is 6. The van der Waals surface area contributed by atoms with Crippen molar-refractivity contribution in [2.75, 3.05) is 6.61 Å². The Morgan fingerprint density at radius 3 is 2.55 bits per heavy atom. The number of halogens is 4. The lowest BCUT2D eigenvalue weighted by atomic mass is 10.0. The molecule has 112 valence electrons. The van der Waals surface area contributed by atoms with Gasteiger partial charge in [-0.2, -0.15) is 13.2 Å². The molecule has 7 heteroatoms. The van der Waals surface area contributed by atoms with Gasteiger partial charge < -0.3 is 10.5 Å². The molecule has 0 unspecified atom stereocenters. The number of unbranched alkanes of at least 4 members (excludes halogenated alkanes) is 1. The van der Waals surface area contributed by atoms with Crippen LogP contribution < -0.4 is 10.5 Å². The molecule has 0 saturated heterocycles. The highest BCUT2D eigenvalue weighted by molar-refractivity contribution is 14.1. The van der Waals surface area contributed by atoms with Gasteiger partial charge in [-0.05, 0) is 47.6 Å². The second kappa shape index (κ2) is 7.14. The molecular weight excluding hydrogens is 386 g/mol. The van der Waals surface area contributed by atoms with Gasteiger partial charge in [-0.25, -0.2) is 0 Å². The fourth-order valence-corrected chi connectivity index (χ4v) is 2.40. The monoisotopic (exact) mass is 401 g/mol. The molecule has 1 aromatic carbocycles. The number of primary amides is 1. The van der Waals surface area contributed by atoms with Crippen molar-refractivity contribution in [1.82, 2.24) is 0 Å². The van der Waals surface area contributed by atoms with Crippen LogP contribution in [0.3, 0.4) is 0 Å². The number of ether oxygens (including phenoxy) is 1. The van der Waals surface area contributed by atoms with Gasteiger partial charge in [0, 0.05) is 11.1 Å². The Labute approximate surface area is 128 Å². The zero-order valence-electron chi connectivity index (χ0n) is 10.9. The molecule has 0 radical (unpaired) electrons. The first-order valence-electron chi connectivity index (χ1n) is 6.07. The standard InChI is InChI=1S/C13H15F3INO2/c1-2-3-4-8-9(12(18)19)5-6-10(17)11(8)20-7-13(14,15)16/h5-6H,2-4,7H2,1H3,(H2,18,19). The van der Waals surface area contributed by atoms with Crippen molar-refractivity contribution < 1.29 is 22.7 Å². The highest BCUT2D eigenvalue weighted by Gasteiger charge is 2.29. The minimum atomic E-state index is -4.42. The van der Waals surface area contributed by atoms with Gasteiger partial charge in [-0.1, -0.05) is 13.3 Å². The molecule has 0 fully saturated rings. The van der Waals surface area contributed by atoms with Crippen LogP contribution in [0.25, 0.3) is 0 Å². The fraction of sp³-hybridized carbons (Fsp3) is 0.462. The number of amides is 1. The predicted octanol–water partition coefficient (Wildman–Crippen LogP) is 3.67. The Balaban J connectivity index is 3.16. The summed E-state index contributed by atoms with van der Waals surface area (Å²) in [6.45, 7) is 0.568. The number of nitrogens with two attached hydrogens (primary N) is 1. The first-order valence-corrected chi connectivity index (χ1v) is 7.15. The van der Waals surface area contributed by atoms with E-state index in [1.54, 1.807) is 0 Å². The lowest BCUT2D eigenvalue weighted by Gasteiger charge is -2.17. The van der Waals surface area contributed by atoms with E-state index in [2.05, 4.69) is 0 Å². The molecule has 1 rings (SSSR count). The minimum Gasteiger partial charge on any atom is -0.483 e. The van der Waals surface area contributed by atoms with Crippen molar-refractivity contribution in [2.24, 2.45) is 5.73 Å². The molecule has 1 amide bonds. The summed E-state index contributed by atoms with van der Waals surface area (Å²) in [5.41, 5.74) is 5.94. The van der Waals surface area contributed by atoms with Gasteiger partial charge in [0.1, 0.15) is 5.75 Å². The van der Waals surface area contributed by atoms with Crippen molar-refractivity contribution in [3.8, 4) is 5.75 Å². The molecule has 0 aliphatic rings. The lowest BCUT2D eigenvalue weighted by molar-refractivity contribution is -0.153. The molecule has 0 heterocycles. The van der Waals surface area contributed by atoms with E-state index in [9.17, 15) is 18.0 Å². The van der Waals surface area contributed by atoms with Crippen molar-refractivity contribution in [1.29, 1.82) is 0 Å². The summed E-state index contributed by atoms with van der Waals surface area (Å²) in [6, 6.07) is 3.05. The van der Waals surface area contributed by atoms with Crippen LogP contribution in [0, 0.1) is 3.57 Å². The van der Waals surface area contributed by atoms with E-state index in [-0.39, 0.29) is 11.3 Å². The molecule has 20 heavy (non-hydrogen) atoms. The largest absolute Gasteiger partial charge is 0.483 e. The average molecular weight is 401 g/mol. The normalized spacial score (nSPS) is 11.4. The Morgan fingerprint density at radius 1 is 1.40 bits per heavy atom. The Morgan fingerprint density at radius 2 is 2.05 bits per heavy atom. The third-order valence-electron chi connectivity index (χ3n) is 2.64. The van der Waals surface area contributed by atoms with Crippen molar-refractivity contribution >= 4 is 28.5 Å². The van der Waals surface area contributed by atoms with Crippen LogP contribution >= 0.6 is 22.6 Å². The number of benzene rings is 1. The first-order chi connectivity index (χ1) is 9.26. The Kier molecular flexibility index (Phi) is 6.09. The molecular formula is C13H15F3INO2. The van der Waals surface area contributed by atoms with Crippen molar-refractivity contribution in [3.05, 3.63) is 26.8 Å². The van der Waals surface area contributed by atoms with E-state index in [1.807, 2.05) is 29.5 Å². The zero-order chi connectivity index (χ0) is 15.3. The summed E-state index contributed by atoms with van der Waals surface area (Å²) in [4.78, 5) is 11.4. The topological polar surface area (TPSA) is 52.3 Å². The van der Waals surface area contributed by atoms with Crippen LogP contribution in [0.2, 0.25) is 0 Å². The van der Waals surface area contributed by atoms with Gasteiger partial charge >= 0.3 is 6.18 Å². The maximum absolute atomic E-state index is 12.3. The lowest BCUT2D eigenvalue weighted by Crippen LogP contribution is -2.21. The third kappa shape index (κ3) is 4.84. The SMILES string of the molecule is CCCCc1c(C(N)=O)ccc(I)c1OCC(F)(F)F. The fourth-order valence-electron chi connectivity index (χ4n) is 1.74. The molecule has 0 bridgehead atoms. The average Bonchev–Trinajstić information content (AvgIpc) is 2.33. The molecule has 1 aromatic rings. The van der Waals surface area contributed by atoms with E-state index in [1.165, 1.54) is 12.1 Å². The van der Waals surface area contributed by atoms with E-state index in [0.717, 1.165) is 12.8 Å². The molecule has 0 aromatic heterocycles. The van der Waals surface area contributed by atoms with Gasteiger partial charge in [-0.15, -0.1) is 0 Å². The maximum atomic E-state index is 12.3. The van der Waals surface area contributed by atoms with Crippen LogP contribution in [-0.2, 0) is 6.42 Å². The Bertz CT molecular complexity index is 489. The molecule has 0 aliphatic heterocycles. The number of carbonyl (C=O) groups is 1. The van der Waals surface area contributed by atoms with E-state index >= 15 is 0 Å². The van der Waals surface area contributed by atoms with E-state index in [0.29, 0.717) is 15.6 Å². The Hall–Kier alpha value is -0.990. The third-order valence-corrected chi connectivity index (χ3v) is 3.49. The number of alkyl halides is 3. The quantitative estimate of drug-likeness (QED) is 0.740. The molecule has 3 nitrogen and oxygen atoms in total. The van der Waals surface area contributed by atoms with Crippen LogP contribution in [0.5, 0.6) is 5.75 Å². The summed E-state index contributed by atoms with van der Waals surface area (Å²) >= 11 is 1.88. The second-order valence-corrected chi connectivity index (χ2v) is 5.44. The number of hydrogen-bond acceptors (Lipinski definition) is 2. The summed E-state index contributed by atoms with van der Waals surface area (Å²) in [6.07, 6.45) is -2.38. The zero-order valence-corrected chi connectivity index (χ0v) is 13.0. The smallest absolute Gasteiger partial charge is 0.422 e. The summed E-state index contributed by atoms with van der Waals surface area (Å²) in [7, 11) is 0. The molecule has 0 spiro atoms. The van der Waals surface area contributed by atoms with Crippen LogP contribution in [0.1, 0.15) is 35.7 Å².